The van der Waals surface area contributed by atoms with Gasteiger partial charge in [-0.2, -0.15) is 13.2 Å². The normalized spacial score (nSPS) is 25.8. The highest BCUT2D eigenvalue weighted by molar-refractivity contribution is 4.69. The summed E-state index contributed by atoms with van der Waals surface area (Å²) in [4.78, 5) is 0. The lowest BCUT2D eigenvalue weighted by Gasteiger charge is -2.23. The summed E-state index contributed by atoms with van der Waals surface area (Å²) in [5, 5.41) is 2.98. The van der Waals surface area contributed by atoms with Gasteiger partial charge in [0, 0.05) is 6.54 Å². The first-order valence-electron chi connectivity index (χ1n) is 3.97. The van der Waals surface area contributed by atoms with Gasteiger partial charge in [-0.3, -0.25) is 0 Å². The molecule has 12 heavy (non-hydrogen) atoms. The van der Waals surface area contributed by atoms with E-state index in [1.165, 1.54) is 0 Å². The molecule has 1 atom stereocenters. The van der Waals surface area contributed by atoms with E-state index in [-0.39, 0.29) is 6.10 Å². The lowest BCUT2D eigenvalue weighted by Crippen LogP contribution is -2.37. The number of nitrogens with one attached hydrogen (secondary N) is 1. The molecule has 0 aromatic heterocycles. The zero-order chi connectivity index (χ0) is 9.03. The molecule has 2 nitrogen and oxygen atoms in total. The first kappa shape index (κ1) is 9.80. The van der Waals surface area contributed by atoms with Crippen LogP contribution in [-0.4, -0.2) is 32.0 Å². The molecule has 1 saturated heterocycles. The Balaban J connectivity index is 2.13. The molecule has 5 heteroatoms. The van der Waals surface area contributed by atoms with E-state index in [9.17, 15) is 13.2 Å². The average molecular weight is 183 g/mol. The van der Waals surface area contributed by atoms with Gasteiger partial charge in [0.2, 0.25) is 0 Å². The van der Waals surface area contributed by atoms with Crippen molar-refractivity contribution >= 4 is 0 Å². The Morgan fingerprint density at radius 1 is 1.42 bits per heavy atom. The van der Waals surface area contributed by atoms with E-state index in [4.69, 9.17) is 0 Å². The van der Waals surface area contributed by atoms with Crippen LogP contribution in [0.15, 0.2) is 0 Å². The first-order chi connectivity index (χ1) is 5.58. The maximum absolute atomic E-state index is 11.7. The number of hydrogen-bond donors (Lipinski definition) is 1. The third-order valence-corrected chi connectivity index (χ3v) is 1.73. The number of ether oxygens (including phenoxy) is 1. The van der Waals surface area contributed by atoms with Crippen molar-refractivity contribution in [2.24, 2.45) is 0 Å². The number of halogens is 3. The Bertz CT molecular complexity index is 131. The molecular formula is C7H12F3NO. The highest BCUT2D eigenvalue weighted by Crippen LogP contribution is 2.17. The van der Waals surface area contributed by atoms with E-state index in [0.29, 0.717) is 6.54 Å². The molecule has 0 aromatic rings. The van der Waals surface area contributed by atoms with Gasteiger partial charge in [-0.15, -0.1) is 0 Å². The van der Waals surface area contributed by atoms with Crippen LogP contribution >= 0.6 is 0 Å². The minimum absolute atomic E-state index is 0.264. The van der Waals surface area contributed by atoms with E-state index in [1.54, 1.807) is 0 Å². The largest absolute Gasteiger partial charge is 0.411 e. The van der Waals surface area contributed by atoms with Crippen LogP contribution in [0, 0.1) is 0 Å². The van der Waals surface area contributed by atoms with Crippen molar-refractivity contribution in [1.29, 1.82) is 0 Å². The molecule has 1 heterocycles. The van der Waals surface area contributed by atoms with Crippen LogP contribution in [0.4, 0.5) is 13.2 Å². The van der Waals surface area contributed by atoms with Gasteiger partial charge in [-0.1, -0.05) is 0 Å². The van der Waals surface area contributed by atoms with Crippen molar-refractivity contribution in [2.75, 3.05) is 19.7 Å². The zero-order valence-corrected chi connectivity index (χ0v) is 6.66. The third kappa shape index (κ3) is 3.92. The maximum atomic E-state index is 11.7. The van der Waals surface area contributed by atoms with Crippen molar-refractivity contribution in [1.82, 2.24) is 5.32 Å². The zero-order valence-electron chi connectivity index (χ0n) is 6.66. The van der Waals surface area contributed by atoms with E-state index in [2.05, 4.69) is 10.1 Å². The molecule has 72 valence electrons. The van der Waals surface area contributed by atoms with E-state index in [1.807, 2.05) is 0 Å². The smallest absolute Gasteiger partial charge is 0.367 e. The molecule has 1 rings (SSSR count). The molecule has 0 aliphatic carbocycles. The highest BCUT2D eigenvalue weighted by atomic mass is 19.4. The molecule has 0 amide bonds. The summed E-state index contributed by atoms with van der Waals surface area (Å²) in [6.45, 7) is 0.293. The summed E-state index contributed by atoms with van der Waals surface area (Å²) in [6, 6.07) is 0. The Morgan fingerprint density at radius 3 is 2.67 bits per heavy atom. The predicted octanol–water partition coefficient (Wildman–Crippen LogP) is 1.32. The average Bonchev–Trinajstić information content (AvgIpc) is 2.02. The number of piperidine rings is 1. The summed E-state index contributed by atoms with van der Waals surface area (Å²) < 4.78 is 39.7. The van der Waals surface area contributed by atoms with Gasteiger partial charge in [0.25, 0.3) is 0 Å². The fourth-order valence-electron chi connectivity index (χ4n) is 1.17. The summed E-state index contributed by atoms with van der Waals surface area (Å²) >= 11 is 0. The topological polar surface area (TPSA) is 21.3 Å². The predicted molar refractivity (Wildman–Crippen MR) is 37.9 cm³/mol. The molecule has 1 N–H and O–H groups in total. The van der Waals surface area contributed by atoms with Crippen LogP contribution in [0.3, 0.4) is 0 Å². The van der Waals surface area contributed by atoms with Gasteiger partial charge in [-0.05, 0) is 19.4 Å². The van der Waals surface area contributed by atoms with Gasteiger partial charge in [0.15, 0.2) is 0 Å². The fraction of sp³-hybridized carbons (Fsp3) is 1.00. The monoisotopic (exact) mass is 183 g/mol. The SMILES string of the molecule is FC(F)(F)COC1CCCNC1. The summed E-state index contributed by atoms with van der Waals surface area (Å²) in [5.74, 6) is 0. The number of rotatable bonds is 2. The second-order valence-electron chi connectivity index (χ2n) is 2.89. The Kier molecular flexibility index (Phi) is 3.34. The van der Waals surface area contributed by atoms with Gasteiger partial charge >= 0.3 is 6.18 Å². The fourth-order valence-corrected chi connectivity index (χ4v) is 1.17. The second-order valence-corrected chi connectivity index (χ2v) is 2.89. The number of hydrogen-bond acceptors (Lipinski definition) is 2. The van der Waals surface area contributed by atoms with E-state index < -0.39 is 12.8 Å². The minimum Gasteiger partial charge on any atom is -0.367 e. The lowest BCUT2D eigenvalue weighted by molar-refractivity contribution is -0.186. The lowest BCUT2D eigenvalue weighted by atomic mass is 10.1. The Labute approximate surface area is 69.1 Å². The van der Waals surface area contributed by atoms with Crippen LogP contribution in [0.2, 0.25) is 0 Å². The molecular weight excluding hydrogens is 171 g/mol. The Hall–Kier alpha value is -0.290. The van der Waals surface area contributed by atoms with Crippen molar-refractivity contribution in [2.45, 2.75) is 25.1 Å². The molecule has 0 saturated carbocycles. The molecule has 1 aliphatic heterocycles. The quantitative estimate of drug-likeness (QED) is 0.697. The molecule has 1 aliphatic rings. The third-order valence-electron chi connectivity index (χ3n) is 1.73. The summed E-state index contributed by atoms with van der Waals surface area (Å²) in [6.07, 6.45) is -2.84. The summed E-state index contributed by atoms with van der Waals surface area (Å²) in [7, 11) is 0. The Morgan fingerprint density at radius 2 is 2.17 bits per heavy atom. The molecule has 1 unspecified atom stereocenters. The van der Waals surface area contributed by atoms with Crippen LogP contribution in [0.25, 0.3) is 0 Å². The van der Waals surface area contributed by atoms with Crippen molar-refractivity contribution in [3.05, 3.63) is 0 Å². The molecule has 1 fully saturated rings. The van der Waals surface area contributed by atoms with Gasteiger partial charge in [-0.25, -0.2) is 0 Å². The highest BCUT2D eigenvalue weighted by Gasteiger charge is 2.29. The maximum Gasteiger partial charge on any atom is 0.411 e. The van der Waals surface area contributed by atoms with Crippen LogP contribution in [0.1, 0.15) is 12.8 Å². The van der Waals surface area contributed by atoms with Crippen molar-refractivity contribution in [3.63, 3.8) is 0 Å². The molecule has 0 bridgehead atoms. The second kappa shape index (κ2) is 4.09. The first-order valence-corrected chi connectivity index (χ1v) is 3.97. The van der Waals surface area contributed by atoms with Gasteiger partial charge in [0.05, 0.1) is 6.10 Å². The summed E-state index contributed by atoms with van der Waals surface area (Å²) in [5.41, 5.74) is 0. The van der Waals surface area contributed by atoms with E-state index >= 15 is 0 Å². The van der Waals surface area contributed by atoms with E-state index in [0.717, 1.165) is 19.4 Å². The van der Waals surface area contributed by atoms with Crippen LogP contribution in [0.5, 0.6) is 0 Å². The van der Waals surface area contributed by atoms with Crippen molar-refractivity contribution in [3.8, 4) is 0 Å². The minimum atomic E-state index is -4.20. The molecule has 0 radical (unpaired) electrons. The van der Waals surface area contributed by atoms with Crippen LogP contribution in [-0.2, 0) is 4.74 Å². The van der Waals surface area contributed by atoms with Crippen LogP contribution < -0.4 is 5.32 Å². The molecule has 0 spiro atoms. The van der Waals surface area contributed by atoms with Crippen molar-refractivity contribution < 1.29 is 17.9 Å². The number of alkyl halides is 3. The van der Waals surface area contributed by atoms with Gasteiger partial charge in [0.1, 0.15) is 6.61 Å². The van der Waals surface area contributed by atoms with Gasteiger partial charge < -0.3 is 10.1 Å². The standard InChI is InChI=1S/C7H12F3NO/c8-7(9,10)5-12-6-2-1-3-11-4-6/h6,11H,1-5H2. The molecule has 0 aromatic carbocycles.